The van der Waals surface area contributed by atoms with E-state index in [1.807, 2.05) is 30.3 Å². The van der Waals surface area contributed by atoms with Crippen molar-refractivity contribution in [3.05, 3.63) is 35.9 Å². The number of carbonyl (C=O) groups excluding carboxylic acids is 1. The van der Waals surface area contributed by atoms with Gasteiger partial charge in [-0.3, -0.25) is 4.79 Å². The van der Waals surface area contributed by atoms with E-state index in [-0.39, 0.29) is 11.9 Å². The van der Waals surface area contributed by atoms with Gasteiger partial charge in [-0.05, 0) is 32.8 Å². The average Bonchev–Trinajstić information content (AvgIpc) is 2.36. The molecule has 0 radical (unpaired) electrons. The van der Waals surface area contributed by atoms with Crippen molar-refractivity contribution in [2.45, 2.75) is 51.3 Å². The van der Waals surface area contributed by atoms with Crippen LogP contribution in [-0.2, 0) is 4.79 Å². The first kappa shape index (κ1) is 15.7. The van der Waals surface area contributed by atoms with Crippen LogP contribution in [0.3, 0.4) is 0 Å². The molecule has 1 aromatic rings. The summed E-state index contributed by atoms with van der Waals surface area (Å²) in [6, 6.07) is 9.60. The van der Waals surface area contributed by atoms with E-state index in [9.17, 15) is 9.90 Å². The lowest BCUT2D eigenvalue weighted by atomic mass is 9.97. The minimum Gasteiger partial charge on any atom is -0.391 e. The zero-order chi connectivity index (χ0) is 14.5. The second-order valence-corrected chi connectivity index (χ2v) is 5.50. The third-order valence-electron chi connectivity index (χ3n) is 3.42. The van der Waals surface area contributed by atoms with Gasteiger partial charge in [0.1, 0.15) is 0 Å². The summed E-state index contributed by atoms with van der Waals surface area (Å²) in [5.74, 6) is -0.0859. The van der Waals surface area contributed by atoms with Crippen LogP contribution in [0.4, 0.5) is 0 Å². The summed E-state index contributed by atoms with van der Waals surface area (Å²) in [4.78, 5) is 11.8. The van der Waals surface area contributed by atoms with Crippen molar-refractivity contribution in [2.24, 2.45) is 5.73 Å². The molecule has 0 saturated heterocycles. The summed E-state index contributed by atoms with van der Waals surface area (Å²) >= 11 is 0. The zero-order valence-electron chi connectivity index (χ0n) is 11.9. The molecule has 2 atom stereocenters. The molecular formula is C15H24N2O2. The number of benzene rings is 1. The van der Waals surface area contributed by atoms with Gasteiger partial charge >= 0.3 is 0 Å². The maximum Gasteiger partial charge on any atom is 0.220 e. The van der Waals surface area contributed by atoms with E-state index in [0.717, 1.165) is 5.56 Å². The molecule has 0 spiro atoms. The highest BCUT2D eigenvalue weighted by Crippen LogP contribution is 2.16. The molecule has 0 aliphatic rings. The lowest BCUT2D eigenvalue weighted by Crippen LogP contribution is -2.51. The largest absolute Gasteiger partial charge is 0.391 e. The molecule has 0 aliphatic carbocycles. The Labute approximate surface area is 115 Å². The SMILES string of the molecule is CC(O)C(C)(C)NC(=O)CCC(N)c1ccccc1. The van der Waals surface area contributed by atoms with Gasteiger partial charge in [0.2, 0.25) is 5.91 Å². The number of aliphatic hydroxyl groups excluding tert-OH is 1. The average molecular weight is 264 g/mol. The molecule has 106 valence electrons. The molecule has 0 heterocycles. The van der Waals surface area contributed by atoms with E-state index in [4.69, 9.17) is 5.73 Å². The number of nitrogens with one attached hydrogen (secondary N) is 1. The van der Waals surface area contributed by atoms with Crippen LogP contribution in [0.5, 0.6) is 0 Å². The van der Waals surface area contributed by atoms with Crippen LogP contribution in [-0.4, -0.2) is 22.7 Å². The van der Waals surface area contributed by atoms with Crippen LogP contribution < -0.4 is 11.1 Å². The fourth-order valence-electron chi connectivity index (χ4n) is 1.68. The molecule has 19 heavy (non-hydrogen) atoms. The topological polar surface area (TPSA) is 75.3 Å². The number of nitrogens with two attached hydrogens (primary N) is 1. The van der Waals surface area contributed by atoms with Crippen LogP contribution in [0, 0.1) is 0 Å². The first-order valence-corrected chi connectivity index (χ1v) is 6.62. The predicted molar refractivity (Wildman–Crippen MR) is 76.5 cm³/mol. The number of rotatable bonds is 6. The number of amides is 1. The normalized spacial score (nSPS) is 14.8. The molecule has 2 unspecified atom stereocenters. The van der Waals surface area contributed by atoms with Crippen molar-refractivity contribution in [1.82, 2.24) is 5.32 Å². The number of hydrogen-bond acceptors (Lipinski definition) is 3. The Morgan fingerprint density at radius 1 is 1.37 bits per heavy atom. The monoisotopic (exact) mass is 264 g/mol. The Bertz CT molecular complexity index is 402. The van der Waals surface area contributed by atoms with Gasteiger partial charge in [0, 0.05) is 12.5 Å². The lowest BCUT2D eigenvalue weighted by Gasteiger charge is -2.29. The fourth-order valence-corrected chi connectivity index (χ4v) is 1.68. The van der Waals surface area contributed by atoms with Crippen molar-refractivity contribution in [2.75, 3.05) is 0 Å². The summed E-state index contributed by atoms with van der Waals surface area (Å²) < 4.78 is 0. The Balaban J connectivity index is 2.43. The van der Waals surface area contributed by atoms with Gasteiger partial charge < -0.3 is 16.2 Å². The van der Waals surface area contributed by atoms with Crippen molar-refractivity contribution < 1.29 is 9.90 Å². The molecule has 4 nitrogen and oxygen atoms in total. The van der Waals surface area contributed by atoms with Gasteiger partial charge in [-0.25, -0.2) is 0 Å². The van der Waals surface area contributed by atoms with Gasteiger partial charge in [0.05, 0.1) is 11.6 Å². The summed E-state index contributed by atoms with van der Waals surface area (Å²) in [7, 11) is 0. The van der Waals surface area contributed by atoms with Crippen LogP contribution in [0.1, 0.15) is 45.2 Å². The van der Waals surface area contributed by atoms with E-state index in [1.165, 1.54) is 0 Å². The maximum absolute atomic E-state index is 11.8. The summed E-state index contributed by atoms with van der Waals surface area (Å²) in [6.07, 6.45) is 0.344. The fraction of sp³-hybridized carbons (Fsp3) is 0.533. The quantitative estimate of drug-likeness (QED) is 0.732. The molecule has 0 fully saturated rings. The van der Waals surface area contributed by atoms with E-state index in [2.05, 4.69) is 5.32 Å². The number of hydrogen-bond donors (Lipinski definition) is 3. The van der Waals surface area contributed by atoms with E-state index < -0.39 is 11.6 Å². The van der Waals surface area contributed by atoms with Gasteiger partial charge in [-0.15, -0.1) is 0 Å². The van der Waals surface area contributed by atoms with Crippen LogP contribution in [0.25, 0.3) is 0 Å². The molecule has 4 N–H and O–H groups in total. The zero-order valence-corrected chi connectivity index (χ0v) is 11.9. The predicted octanol–water partition coefficient (Wildman–Crippen LogP) is 1.74. The van der Waals surface area contributed by atoms with E-state index in [1.54, 1.807) is 20.8 Å². The van der Waals surface area contributed by atoms with E-state index >= 15 is 0 Å². The van der Waals surface area contributed by atoms with Crippen molar-refractivity contribution >= 4 is 5.91 Å². The van der Waals surface area contributed by atoms with Crippen molar-refractivity contribution in [1.29, 1.82) is 0 Å². The molecule has 0 aliphatic heterocycles. The molecule has 1 rings (SSSR count). The highest BCUT2D eigenvalue weighted by Gasteiger charge is 2.25. The smallest absolute Gasteiger partial charge is 0.220 e. The Kier molecular flexibility index (Phi) is 5.51. The lowest BCUT2D eigenvalue weighted by molar-refractivity contribution is -0.124. The minimum absolute atomic E-state index is 0.0859. The number of aliphatic hydroxyl groups is 1. The standard InChI is InChI=1S/C15H24N2O2/c1-11(18)15(2,3)17-14(19)10-9-13(16)12-7-5-4-6-8-12/h4-8,11,13,18H,9-10,16H2,1-3H3,(H,17,19). The van der Waals surface area contributed by atoms with Gasteiger partial charge in [0.15, 0.2) is 0 Å². The third kappa shape index (κ3) is 5.01. The van der Waals surface area contributed by atoms with Crippen LogP contribution in [0.15, 0.2) is 30.3 Å². The molecule has 0 aromatic heterocycles. The second kappa shape index (κ2) is 6.68. The van der Waals surface area contributed by atoms with Crippen LogP contribution in [0.2, 0.25) is 0 Å². The van der Waals surface area contributed by atoms with Crippen molar-refractivity contribution in [3.8, 4) is 0 Å². The third-order valence-corrected chi connectivity index (χ3v) is 3.42. The molecule has 4 heteroatoms. The molecular weight excluding hydrogens is 240 g/mol. The van der Waals surface area contributed by atoms with Gasteiger partial charge in [0.25, 0.3) is 0 Å². The molecule has 0 saturated carbocycles. The van der Waals surface area contributed by atoms with Crippen molar-refractivity contribution in [3.63, 3.8) is 0 Å². The van der Waals surface area contributed by atoms with Gasteiger partial charge in [-0.2, -0.15) is 0 Å². The summed E-state index contributed by atoms with van der Waals surface area (Å²) in [5.41, 5.74) is 6.45. The first-order chi connectivity index (χ1) is 8.83. The second-order valence-electron chi connectivity index (χ2n) is 5.50. The Morgan fingerprint density at radius 2 is 1.95 bits per heavy atom. The Morgan fingerprint density at radius 3 is 2.47 bits per heavy atom. The van der Waals surface area contributed by atoms with E-state index in [0.29, 0.717) is 12.8 Å². The molecule has 1 amide bonds. The molecule has 0 bridgehead atoms. The molecule has 1 aromatic carbocycles. The highest BCUT2D eigenvalue weighted by atomic mass is 16.3. The van der Waals surface area contributed by atoms with Gasteiger partial charge in [-0.1, -0.05) is 30.3 Å². The summed E-state index contributed by atoms with van der Waals surface area (Å²) in [5, 5.41) is 12.4. The minimum atomic E-state index is -0.617. The Hall–Kier alpha value is -1.39. The highest BCUT2D eigenvalue weighted by molar-refractivity contribution is 5.76. The summed E-state index contributed by atoms with van der Waals surface area (Å²) in [6.45, 7) is 5.26. The first-order valence-electron chi connectivity index (χ1n) is 6.62. The van der Waals surface area contributed by atoms with Crippen LogP contribution >= 0.6 is 0 Å². The maximum atomic E-state index is 11.8. The number of carbonyl (C=O) groups is 1.